The second-order valence-electron chi connectivity index (χ2n) is 5.85. The molecular weight excluding hydrogens is 395 g/mol. The number of halogens is 2. The number of nitriles is 1. The molecule has 5 nitrogen and oxygen atoms in total. The summed E-state index contributed by atoms with van der Waals surface area (Å²) in [5, 5.41) is 13.7. The zero-order valence-corrected chi connectivity index (χ0v) is 15.8. The number of nitrogens with zero attached hydrogens (tertiary/aromatic N) is 1. The highest BCUT2D eigenvalue weighted by Crippen LogP contribution is 2.34. The zero-order chi connectivity index (χ0) is 17.6. The van der Waals surface area contributed by atoms with Crippen molar-refractivity contribution < 1.29 is 12.8 Å². The van der Waals surface area contributed by atoms with Gasteiger partial charge in [0.05, 0.1) is 15.4 Å². The fourth-order valence-corrected chi connectivity index (χ4v) is 4.70. The lowest BCUT2D eigenvalue weighted by Gasteiger charge is -2.11. The zero-order valence-electron chi connectivity index (χ0n) is 13.5. The SMILES string of the molecule is Cl.N#Cc1cc(S(=O)(=O)c2cccc(Cl)c2)cc2c3c(oc12)CCNC3. The number of fused-ring (bicyclic) bond motifs is 3. The molecule has 4 rings (SSSR count). The Labute approximate surface area is 161 Å². The number of furan rings is 1. The molecule has 0 spiro atoms. The maximum absolute atomic E-state index is 13.0. The normalized spacial score (nSPS) is 13.7. The van der Waals surface area contributed by atoms with E-state index in [2.05, 4.69) is 5.32 Å². The maximum Gasteiger partial charge on any atom is 0.206 e. The van der Waals surface area contributed by atoms with Crippen LogP contribution in [0.5, 0.6) is 0 Å². The molecule has 0 atom stereocenters. The lowest BCUT2D eigenvalue weighted by Crippen LogP contribution is -2.22. The molecule has 0 unspecified atom stereocenters. The van der Waals surface area contributed by atoms with Gasteiger partial charge in [-0.2, -0.15) is 5.26 Å². The highest BCUT2D eigenvalue weighted by molar-refractivity contribution is 7.91. The van der Waals surface area contributed by atoms with Gasteiger partial charge in [-0.15, -0.1) is 12.4 Å². The minimum Gasteiger partial charge on any atom is -0.459 e. The van der Waals surface area contributed by atoms with Gasteiger partial charge in [-0.05, 0) is 30.3 Å². The van der Waals surface area contributed by atoms with Crippen LogP contribution in [0.3, 0.4) is 0 Å². The van der Waals surface area contributed by atoms with Gasteiger partial charge < -0.3 is 9.73 Å². The topological polar surface area (TPSA) is 83.1 Å². The first-order valence-corrected chi connectivity index (χ1v) is 9.56. The van der Waals surface area contributed by atoms with E-state index in [1.165, 1.54) is 18.2 Å². The molecule has 8 heteroatoms. The van der Waals surface area contributed by atoms with Crippen LogP contribution < -0.4 is 5.32 Å². The van der Waals surface area contributed by atoms with E-state index in [0.29, 0.717) is 29.0 Å². The third-order valence-corrected chi connectivity index (χ3v) is 6.28. The maximum atomic E-state index is 13.0. The number of hydrogen-bond donors (Lipinski definition) is 1. The summed E-state index contributed by atoms with van der Waals surface area (Å²) < 4.78 is 31.8. The molecule has 1 N–H and O–H groups in total. The second-order valence-corrected chi connectivity index (χ2v) is 8.24. The van der Waals surface area contributed by atoms with Crippen LogP contribution in [0, 0.1) is 11.3 Å². The van der Waals surface area contributed by atoms with Gasteiger partial charge in [0.1, 0.15) is 11.8 Å². The van der Waals surface area contributed by atoms with E-state index in [4.69, 9.17) is 16.0 Å². The summed E-state index contributed by atoms with van der Waals surface area (Å²) in [6.07, 6.45) is 0.714. The molecule has 1 aliphatic rings. The van der Waals surface area contributed by atoms with E-state index < -0.39 is 9.84 Å². The van der Waals surface area contributed by atoms with Crippen molar-refractivity contribution >= 4 is 44.8 Å². The van der Waals surface area contributed by atoms with Crippen molar-refractivity contribution in [3.8, 4) is 6.07 Å². The predicted octanol–water partition coefficient (Wildman–Crippen LogP) is 3.86. The third-order valence-electron chi connectivity index (χ3n) is 4.32. The Bertz CT molecular complexity index is 1150. The molecule has 0 saturated carbocycles. The van der Waals surface area contributed by atoms with Gasteiger partial charge in [0.2, 0.25) is 9.84 Å². The lowest BCUT2D eigenvalue weighted by atomic mass is 10.0. The molecule has 26 heavy (non-hydrogen) atoms. The van der Waals surface area contributed by atoms with E-state index in [0.717, 1.165) is 17.9 Å². The summed E-state index contributed by atoms with van der Waals surface area (Å²) in [5.41, 5.74) is 1.58. The molecule has 0 saturated heterocycles. The molecule has 0 fully saturated rings. The first-order chi connectivity index (χ1) is 12.0. The van der Waals surface area contributed by atoms with Crippen molar-refractivity contribution in [2.24, 2.45) is 0 Å². The molecule has 1 aliphatic heterocycles. The number of rotatable bonds is 2. The van der Waals surface area contributed by atoms with Crippen LogP contribution in [0.4, 0.5) is 0 Å². The van der Waals surface area contributed by atoms with Gasteiger partial charge in [-0.3, -0.25) is 0 Å². The fraction of sp³-hybridized carbons (Fsp3) is 0.167. The molecular formula is C18H14Cl2N2O3S. The average molecular weight is 409 g/mol. The van der Waals surface area contributed by atoms with Crippen LogP contribution in [0.2, 0.25) is 5.02 Å². The number of nitrogens with one attached hydrogen (secondary N) is 1. The van der Waals surface area contributed by atoms with Crippen molar-refractivity contribution in [3.05, 3.63) is 58.3 Å². The summed E-state index contributed by atoms with van der Waals surface area (Å²) in [7, 11) is -3.79. The van der Waals surface area contributed by atoms with Crippen molar-refractivity contribution in [1.82, 2.24) is 5.32 Å². The van der Waals surface area contributed by atoms with Gasteiger partial charge in [0.15, 0.2) is 5.58 Å². The lowest BCUT2D eigenvalue weighted by molar-refractivity contribution is 0.500. The molecule has 134 valence electrons. The van der Waals surface area contributed by atoms with Crippen LogP contribution in [-0.4, -0.2) is 15.0 Å². The summed E-state index contributed by atoms with van der Waals surface area (Å²) in [5.74, 6) is 0.808. The van der Waals surface area contributed by atoms with E-state index >= 15 is 0 Å². The standard InChI is InChI=1S/C18H13ClN2O3S.ClH/c19-12-2-1-3-13(7-12)25(22,23)14-6-11(9-20)18-15(8-14)16-10-21-5-4-17(16)24-18;/h1-3,6-8,21H,4-5,10H2;1H. The minimum absolute atomic E-state index is 0. The van der Waals surface area contributed by atoms with Crippen molar-refractivity contribution in [1.29, 1.82) is 5.26 Å². The summed E-state index contributed by atoms with van der Waals surface area (Å²) in [4.78, 5) is 0.159. The average Bonchev–Trinajstić information content (AvgIpc) is 2.99. The molecule has 3 aromatic rings. The number of hydrogen-bond acceptors (Lipinski definition) is 5. The Morgan fingerprint density at radius 3 is 2.73 bits per heavy atom. The Hall–Kier alpha value is -2.04. The van der Waals surface area contributed by atoms with Crippen molar-refractivity contribution in [2.75, 3.05) is 6.54 Å². The van der Waals surface area contributed by atoms with Crippen LogP contribution in [0.25, 0.3) is 11.0 Å². The molecule has 0 amide bonds. The molecule has 0 aliphatic carbocycles. The molecule has 1 aromatic heterocycles. The molecule has 2 aromatic carbocycles. The quantitative estimate of drug-likeness (QED) is 0.695. The highest BCUT2D eigenvalue weighted by atomic mass is 35.5. The number of sulfone groups is 1. The van der Waals surface area contributed by atoms with Gasteiger partial charge >= 0.3 is 0 Å². The second kappa shape index (κ2) is 6.93. The molecule has 0 bridgehead atoms. The summed E-state index contributed by atoms with van der Waals surface area (Å²) in [6, 6.07) is 11.1. The molecule has 0 radical (unpaired) electrons. The summed E-state index contributed by atoms with van der Waals surface area (Å²) in [6.45, 7) is 1.39. The van der Waals surface area contributed by atoms with E-state index in [1.54, 1.807) is 18.2 Å². The Morgan fingerprint density at radius 1 is 1.19 bits per heavy atom. The smallest absolute Gasteiger partial charge is 0.206 e. The first-order valence-electron chi connectivity index (χ1n) is 7.70. The van der Waals surface area contributed by atoms with Crippen molar-refractivity contribution in [2.45, 2.75) is 22.8 Å². The van der Waals surface area contributed by atoms with Crippen LogP contribution in [-0.2, 0) is 22.8 Å². The predicted molar refractivity (Wildman–Crippen MR) is 100 cm³/mol. The summed E-state index contributed by atoms with van der Waals surface area (Å²) >= 11 is 5.93. The highest BCUT2D eigenvalue weighted by Gasteiger charge is 2.25. The van der Waals surface area contributed by atoms with Crippen molar-refractivity contribution in [3.63, 3.8) is 0 Å². The van der Waals surface area contributed by atoms with Gasteiger partial charge in [-0.25, -0.2) is 8.42 Å². The van der Waals surface area contributed by atoms with E-state index in [-0.39, 0.29) is 27.8 Å². The fourth-order valence-electron chi connectivity index (χ4n) is 3.09. The Kier molecular flexibility index (Phi) is 5.00. The monoisotopic (exact) mass is 408 g/mol. The van der Waals surface area contributed by atoms with Crippen LogP contribution in [0.15, 0.2) is 50.6 Å². The van der Waals surface area contributed by atoms with E-state index in [9.17, 15) is 13.7 Å². The largest absolute Gasteiger partial charge is 0.459 e. The first kappa shape index (κ1) is 18.7. The van der Waals surface area contributed by atoms with Gasteiger partial charge in [0, 0.05) is 35.5 Å². The Balaban J connectivity index is 0.00000196. The number of benzene rings is 2. The van der Waals surface area contributed by atoms with Crippen LogP contribution in [0.1, 0.15) is 16.9 Å². The van der Waals surface area contributed by atoms with Gasteiger partial charge in [0.25, 0.3) is 0 Å². The van der Waals surface area contributed by atoms with E-state index in [1.807, 2.05) is 6.07 Å². The van der Waals surface area contributed by atoms with Crippen LogP contribution >= 0.6 is 24.0 Å². The molecule has 2 heterocycles. The minimum atomic E-state index is -3.79. The van der Waals surface area contributed by atoms with Gasteiger partial charge in [-0.1, -0.05) is 17.7 Å². The Morgan fingerprint density at radius 2 is 2.00 bits per heavy atom. The third kappa shape index (κ3) is 2.97.